The molecule has 3 rings (SSSR count). The maximum atomic E-state index is 3.54. The van der Waals surface area contributed by atoms with E-state index in [1.807, 2.05) is 11.3 Å². The first-order chi connectivity index (χ1) is 9.28. The van der Waals surface area contributed by atoms with E-state index in [1.54, 1.807) is 0 Å². The average Bonchev–Trinajstić information content (AvgIpc) is 3.13. The average molecular weight is 336 g/mol. The van der Waals surface area contributed by atoms with Crippen LogP contribution in [-0.4, -0.2) is 13.1 Å². The zero-order valence-corrected chi connectivity index (χ0v) is 13.4. The fourth-order valence-electron chi connectivity index (χ4n) is 2.89. The Hall–Kier alpha value is -0.640. The van der Waals surface area contributed by atoms with Crippen LogP contribution in [0.1, 0.15) is 22.8 Å². The SMILES string of the molecule is CNC(Cc1cc(Br)cs1)C1CC1c1ccccc1. The first-order valence-electron chi connectivity index (χ1n) is 6.73. The van der Waals surface area contributed by atoms with Gasteiger partial charge in [-0.15, -0.1) is 11.3 Å². The van der Waals surface area contributed by atoms with Crippen molar-refractivity contribution in [2.45, 2.75) is 24.8 Å². The van der Waals surface area contributed by atoms with Gasteiger partial charge in [-0.3, -0.25) is 0 Å². The Labute approximate surface area is 127 Å². The molecule has 0 aliphatic heterocycles. The summed E-state index contributed by atoms with van der Waals surface area (Å²) in [6, 6.07) is 13.8. The lowest BCUT2D eigenvalue weighted by Crippen LogP contribution is -2.30. The quantitative estimate of drug-likeness (QED) is 0.851. The maximum absolute atomic E-state index is 3.54. The second kappa shape index (κ2) is 5.78. The van der Waals surface area contributed by atoms with Crippen LogP contribution in [0.15, 0.2) is 46.3 Å². The van der Waals surface area contributed by atoms with Gasteiger partial charge in [-0.2, -0.15) is 0 Å². The van der Waals surface area contributed by atoms with Crippen molar-refractivity contribution >= 4 is 27.3 Å². The van der Waals surface area contributed by atoms with Crippen LogP contribution >= 0.6 is 27.3 Å². The molecule has 1 saturated carbocycles. The van der Waals surface area contributed by atoms with Crippen LogP contribution in [0.4, 0.5) is 0 Å². The number of halogens is 1. The molecule has 2 aromatic rings. The summed E-state index contributed by atoms with van der Waals surface area (Å²) >= 11 is 5.38. The summed E-state index contributed by atoms with van der Waals surface area (Å²) in [5.41, 5.74) is 1.50. The molecule has 1 aromatic heterocycles. The predicted octanol–water partition coefficient (Wildman–Crippen LogP) is 4.44. The Bertz CT molecular complexity index is 537. The van der Waals surface area contributed by atoms with Crippen molar-refractivity contribution < 1.29 is 0 Å². The van der Waals surface area contributed by atoms with Gasteiger partial charge in [0.2, 0.25) is 0 Å². The van der Waals surface area contributed by atoms with Gasteiger partial charge in [0.25, 0.3) is 0 Å². The van der Waals surface area contributed by atoms with Crippen molar-refractivity contribution in [3.63, 3.8) is 0 Å². The number of benzene rings is 1. The van der Waals surface area contributed by atoms with Crippen LogP contribution < -0.4 is 5.32 Å². The smallest absolute Gasteiger partial charge is 0.0285 e. The summed E-state index contributed by atoms with van der Waals surface area (Å²) in [6.45, 7) is 0. The van der Waals surface area contributed by atoms with Crippen molar-refractivity contribution in [3.8, 4) is 0 Å². The Kier molecular flexibility index (Phi) is 4.06. The van der Waals surface area contributed by atoms with Crippen molar-refractivity contribution in [2.75, 3.05) is 7.05 Å². The predicted molar refractivity (Wildman–Crippen MR) is 85.9 cm³/mol. The fourth-order valence-corrected chi connectivity index (χ4v) is 4.40. The molecule has 0 amide bonds. The van der Waals surface area contributed by atoms with Crippen LogP contribution in [0.25, 0.3) is 0 Å². The maximum Gasteiger partial charge on any atom is 0.0285 e. The fraction of sp³-hybridized carbons (Fsp3) is 0.375. The van der Waals surface area contributed by atoms with Crippen molar-refractivity contribution in [1.29, 1.82) is 0 Å². The normalized spacial score (nSPS) is 23.3. The van der Waals surface area contributed by atoms with E-state index in [-0.39, 0.29) is 0 Å². The highest BCUT2D eigenvalue weighted by Crippen LogP contribution is 2.50. The summed E-state index contributed by atoms with van der Waals surface area (Å²) in [5, 5.41) is 5.68. The number of hydrogen-bond donors (Lipinski definition) is 1. The van der Waals surface area contributed by atoms with E-state index in [2.05, 4.69) is 70.1 Å². The molecule has 3 unspecified atom stereocenters. The molecule has 19 heavy (non-hydrogen) atoms. The third-order valence-electron chi connectivity index (χ3n) is 4.00. The van der Waals surface area contributed by atoms with E-state index in [1.165, 1.54) is 21.3 Å². The Balaban J connectivity index is 1.65. The molecule has 1 aliphatic carbocycles. The van der Waals surface area contributed by atoms with Crippen molar-refractivity contribution in [3.05, 3.63) is 56.7 Å². The van der Waals surface area contributed by atoms with Gasteiger partial charge in [0.15, 0.2) is 0 Å². The number of hydrogen-bond acceptors (Lipinski definition) is 2. The molecule has 3 heteroatoms. The van der Waals surface area contributed by atoms with Crippen LogP contribution in [0.2, 0.25) is 0 Å². The second-order valence-electron chi connectivity index (χ2n) is 5.25. The standard InChI is InChI=1S/C16H18BrNS/c1-18-16(8-13-7-12(17)10-19-13)15-9-14(15)11-5-3-2-4-6-11/h2-7,10,14-16,18H,8-9H2,1H3. The second-order valence-corrected chi connectivity index (χ2v) is 7.16. The lowest BCUT2D eigenvalue weighted by Gasteiger charge is -2.15. The third-order valence-corrected chi connectivity index (χ3v) is 5.72. The lowest BCUT2D eigenvalue weighted by molar-refractivity contribution is 0.494. The summed E-state index contributed by atoms with van der Waals surface area (Å²) in [6.07, 6.45) is 2.46. The molecular formula is C16H18BrNS. The molecular weight excluding hydrogens is 318 g/mol. The van der Waals surface area contributed by atoms with E-state index in [0.717, 1.165) is 18.3 Å². The highest BCUT2D eigenvalue weighted by Gasteiger charge is 2.43. The molecule has 100 valence electrons. The summed E-state index contributed by atoms with van der Waals surface area (Å²) in [5.74, 6) is 1.54. The van der Waals surface area contributed by atoms with Gasteiger partial charge in [0, 0.05) is 20.8 Å². The Morgan fingerprint density at radius 3 is 2.79 bits per heavy atom. The molecule has 1 N–H and O–H groups in total. The Morgan fingerprint density at radius 2 is 2.16 bits per heavy atom. The molecule has 1 nitrogen and oxygen atoms in total. The van der Waals surface area contributed by atoms with Crippen molar-refractivity contribution in [2.24, 2.45) is 5.92 Å². The lowest BCUT2D eigenvalue weighted by atomic mass is 10.0. The summed E-state index contributed by atoms with van der Waals surface area (Å²) < 4.78 is 1.21. The van der Waals surface area contributed by atoms with Crippen LogP contribution in [0.5, 0.6) is 0 Å². The van der Waals surface area contributed by atoms with Crippen LogP contribution in [0, 0.1) is 5.92 Å². The van der Waals surface area contributed by atoms with Crippen molar-refractivity contribution in [1.82, 2.24) is 5.32 Å². The zero-order chi connectivity index (χ0) is 13.2. The largest absolute Gasteiger partial charge is 0.316 e. The van der Waals surface area contributed by atoms with Gasteiger partial charge in [-0.1, -0.05) is 30.3 Å². The number of likely N-dealkylation sites (N-methyl/N-ethyl adjacent to an activating group) is 1. The zero-order valence-electron chi connectivity index (χ0n) is 11.0. The van der Waals surface area contributed by atoms with Crippen LogP contribution in [-0.2, 0) is 6.42 Å². The van der Waals surface area contributed by atoms with Gasteiger partial charge in [-0.05, 0) is 59.3 Å². The number of rotatable bonds is 5. The van der Waals surface area contributed by atoms with Gasteiger partial charge in [0.05, 0.1) is 0 Å². The van der Waals surface area contributed by atoms with E-state index >= 15 is 0 Å². The topological polar surface area (TPSA) is 12.0 Å². The minimum Gasteiger partial charge on any atom is -0.316 e. The van der Waals surface area contributed by atoms with E-state index in [4.69, 9.17) is 0 Å². The first-order valence-corrected chi connectivity index (χ1v) is 8.40. The highest BCUT2D eigenvalue weighted by atomic mass is 79.9. The molecule has 1 fully saturated rings. The molecule has 0 bridgehead atoms. The molecule has 1 aromatic carbocycles. The first kappa shape index (κ1) is 13.3. The Morgan fingerprint density at radius 1 is 1.37 bits per heavy atom. The van der Waals surface area contributed by atoms with Crippen LogP contribution in [0.3, 0.4) is 0 Å². The number of thiophene rings is 1. The molecule has 0 saturated heterocycles. The molecule has 0 spiro atoms. The third kappa shape index (κ3) is 3.10. The summed E-state index contributed by atoms with van der Waals surface area (Å²) in [4.78, 5) is 1.46. The monoisotopic (exact) mass is 335 g/mol. The molecule has 0 radical (unpaired) electrons. The van der Waals surface area contributed by atoms with Gasteiger partial charge in [-0.25, -0.2) is 0 Å². The number of nitrogens with one attached hydrogen (secondary N) is 1. The van der Waals surface area contributed by atoms with E-state index in [0.29, 0.717) is 6.04 Å². The van der Waals surface area contributed by atoms with Gasteiger partial charge < -0.3 is 5.32 Å². The summed E-state index contributed by atoms with van der Waals surface area (Å²) in [7, 11) is 2.09. The van der Waals surface area contributed by atoms with E-state index in [9.17, 15) is 0 Å². The molecule has 3 atom stereocenters. The highest BCUT2D eigenvalue weighted by molar-refractivity contribution is 9.10. The van der Waals surface area contributed by atoms with E-state index < -0.39 is 0 Å². The molecule has 1 aliphatic rings. The minimum atomic E-state index is 0.593. The van der Waals surface area contributed by atoms with Gasteiger partial charge in [0.1, 0.15) is 0 Å². The van der Waals surface area contributed by atoms with Gasteiger partial charge >= 0.3 is 0 Å². The minimum absolute atomic E-state index is 0.593. The molecule has 1 heterocycles.